The van der Waals surface area contributed by atoms with E-state index in [0.717, 1.165) is 0 Å². The molecule has 0 atom stereocenters. The Morgan fingerprint density at radius 2 is 1.75 bits per heavy atom. The van der Waals surface area contributed by atoms with Crippen LogP contribution in [-0.2, 0) is 4.57 Å². The molecule has 0 radical (unpaired) electrons. The van der Waals surface area contributed by atoms with Gasteiger partial charge in [0.25, 0.3) is 0 Å². The fourth-order valence-corrected chi connectivity index (χ4v) is 0.509. The number of hydrogen-bond acceptors (Lipinski definition) is 3. The molecule has 0 aliphatic rings. The Labute approximate surface area is 152 Å². The number of primary amides is 1. The Hall–Kier alpha value is 1.25. The SMILES string of the molecule is NC(=O)c1cccnc1.O=P(O)(O)O.[CaH2].[CaH2]. The van der Waals surface area contributed by atoms with Gasteiger partial charge in [-0.1, -0.05) is 0 Å². The van der Waals surface area contributed by atoms with E-state index in [1.165, 1.54) is 6.20 Å². The molecule has 1 aromatic heterocycles. The molecule has 1 rings (SSSR count). The van der Waals surface area contributed by atoms with Crippen LogP contribution < -0.4 is 5.73 Å². The van der Waals surface area contributed by atoms with Crippen molar-refractivity contribution < 1.29 is 24.0 Å². The van der Waals surface area contributed by atoms with E-state index in [9.17, 15) is 4.79 Å². The van der Waals surface area contributed by atoms with E-state index in [-0.39, 0.29) is 75.5 Å². The van der Waals surface area contributed by atoms with E-state index in [4.69, 9.17) is 25.0 Å². The van der Waals surface area contributed by atoms with Crippen molar-refractivity contribution >= 4 is 89.2 Å². The fourth-order valence-electron chi connectivity index (χ4n) is 0.509. The summed E-state index contributed by atoms with van der Waals surface area (Å²) in [4.78, 5) is 35.7. The molecule has 1 aromatic rings. The van der Waals surface area contributed by atoms with Crippen LogP contribution in [0.4, 0.5) is 0 Å². The van der Waals surface area contributed by atoms with Crippen molar-refractivity contribution in [3.63, 3.8) is 0 Å². The molecule has 1 amide bonds. The number of carbonyl (C=O) groups excluding carboxylic acids is 1. The van der Waals surface area contributed by atoms with Gasteiger partial charge in [-0.25, -0.2) is 4.57 Å². The number of amides is 1. The summed E-state index contributed by atoms with van der Waals surface area (Å²) in [5.74, 6) is -0.442. The molecule has 0 aliphatic carbocycles. The molecule has 0 aliphatic heterocycles. The van der Waals surface area contributed by atoms with Crippen LogP contribution in [-0.4, -0.2) is 101 Å². The third kappa shape index (κ3) is 17.6. The molecule has 0 saturated heterocycles. The third-order valence-corrected chi connectivity index (χ3v) is 0.946. The molecule has 1 heterocycles. The Morgan fingerprint density at radius 1 is 1.31 bits per heavy atom. The molecule has 16 heavy (non-hydrogen) atoms. The maximum absolute atomic E-state index is 10.4. The van der Waals surface area contributed by atoms with Crippen molar-refractivity contribution in [3.05, 3.63) is 30.1 Å². The molecule has 5 N–H and O–H groups in total. The van der Waals surface area contributed by atoms with Gasteiger partial charge in [-0.05, 0) is 12.1 Å². The van der Waals surface area contributed by atoms with Gasteiger partial charge in [0.2, 0.25) is 5.91 Å². The van der Waals surface area contributed by atoms with Gasteiger partial charge in [-0.15, -0.1) is 0 Å². The normalized spacial score (nSPS) is 8.69. The van der Waals surface area contributed by atoms with Crippen molar-refractivity contribution in [2.75, 3.05) is 0 Å². The van der Waals surface area contributed by atoms with Crippen LogP contribution in [0.5, 0.6) is 0 Å². The van der Waals surface area contributed by atoms with Crippen LogP contribution in [0, 0.1) is 0 Å². The number of hydrogen-bond donors (Lipinski definition) is 4. The van der Waals surface area contributed by atoms with Crippen LogP contribution in [0.15, 0.2) is 24.5 Å². The first-order chi connectivity index (χ1) is 6.30. The number of nitrogens with zero attached hydrogens (tertiary/aromatic N) is 1. The zero-order valence-electron chi connectivity index (χ0n) is 6.94. The first-order valence-corrected chi connectivity index (χ1v) is 4.85. The minimum atomic E-state index is -4.64. The fraction of sp³-hybridized carbons (Fsp3) is 0. The second-order valence-corrected chi connectivity index (χ2v) is 3.15. The molecule has 0 fully saturated rings. The van der Waals surface area contributed by atoms with E-state index in [1.54, 1.807) is 18.3 Å². The second-order valence-electron chi connectivity index (χ2n) is 2.12. The van der Waals surface area contributed by atoms with Crippen LogP contribution in [0.2, 0.25) is 0 Å². The quantitative estimate of drug-likeness (QED) is 0.332. The zero-order valence-corrected chi connectivity index (χ0v) is 7.83. The van der Waals surface area contributed by atoms with Gasteiger partial charge in [0, 0.05) is 12.4 Å². The molecule has 7 nitrogen and oxygen atoms in total. The van der Waals surface area contributed by atoms with Crippen LogP contribution in [0.1, 0.15) is 10.4 Å². The maximum atomic E-state index is 10.4. The van der Waals surface area contributed by atoms with E-state index in [2.05, 4.69) is 4.98 Å². The predicted molar refractivity (Wildman–Crippen MR) is 64.1 cm³/mol. The molecule has 0 saturated carbocycles. The van der Waals surface area contributed by atoms with Crippen molar-refractivity contribution in [2.24, 2.45) is 5.73 Å². The first-order valence-electron chi connectivity index (χ1n) is 3.29. The summed E-state index contributed by atoms with van der Waals surface area (Å²) >= 11 is 0. The van der Waals surface area contributed by atoms with Crippen molar-refractivity contribution in [2.45, 2.75) is 0 Å². The number of aromatic nitrogens is 1. The van der Waals surface area contributed by atoms with Gasteiger partial charge in [0.05, 0.1) is 5.56 Å². The monoisotopic (exact) mass is 304 g/mol. The predicted octanol–water partition coefficient (Wildman–Crippen LogP) is -2.58. The standard InChI is InChI=1S/C6H6N2O.2Ca.H3O4P.4H/c7-6(9)5-2-1-3-8-4-5;;;1-5(2,3)4;;;;/h1-4H,(H2,7,9);;;(H3,1,2,3,4);;;;. The molecular weight excluding hydrogens is 291 g/mol. The van der Waals surface area contributed by atoms with Crippen molar-refractivity contribution in [1.82, 2.24) is 4.98 Å². The Balaban J connectivity index is -0.000000214. The van der Waals surface area contributed by atoms with Gasteiger partial charge in [0.1, 0.15) is 0 Å². The number of phosphoric acid groups is 1. The van der Waals surface area contributed by atoms with E-state index in [1.807, 2.05) is 0 Å². The first kappa shape index (κ1) is 22.4. The van der Waals surface area contributed by atoms with Gasteiger partial charge < -0.3 is 20.4 Å². The topological polar surface area (TPSA) is 134 Å². The summed E-state index contributed by atoms with van der Waals surface area (Å²) in [6, 6.07) is 3.29. The van der Waals surface area contributed by atoms with Gasteiger partial charge in [0.15, 0.2) is 0 Å². The third-order valence-electron chi connectivity index (χ3n) is 0.946. The van der Waals surface area contributed by atoms with Crippen LogP contribution >= 0.6 is 7.82 Å². The molecule has 0 bridgehead atoms. The summed E-state index contributed by atoms with van der Waals surface area (Å²) in [5.41, 5.74) is 5.38. The molecule has 0 unspecified atom stereocenters. The summed E-state index contributed by atoms with van der Waals surface area (Å²) < 4.78 is 8.88. The average Bonchev–Trinajstić information content (AvgIpc) is 2.03. The number of nitrogens with two attached hydrogens (primary N) is 1. The molecular formula is C6H13Ca2N2O5P. The van der Waals surface area contributed by atoms with Crippen LogP contribution in [0.25, 0.3) is 0 Å². The van der Waals surface area contributed by atoms with Gasteiger partial charge in [-0.3, -0.25) is 9.78 Å². The Bertz CT molecular complexity index is 336. The van der Waals surface area contributed by atoms with Crippen molar-refractivity contribution in [3.8, 4) is 0 Å². The molecule has 86 valence electrons. The van der Waals surface area contributed by atoms with Gasteiger partial charge >= 0.3 is 83.3 Å². The minimum absolute atomic E-state index is 0. The number of carbonyl (C=O) groups is 1. The number of rotatable bonds is 1. The van der Waals surface area contributed by atoms with E-state index >= 15 is 0 Å². The van der Waals surface area contributed by atoms with E-state index in [0.29, 0.717) is 5.56 Å². The average molecular weight is 304 g/mol. The summed E-state index contributed by atoms with van der Waals surface area (Å²) in [5, 5.41) is 0. The number of pyridine rings is 1. The Kier molecular flexibility index (Phi) is 15.9. The molecule has 10 heteroatoms. The zero-order chi connectivity index (χ0) is 11.2. The summed E-state index contributed by atoms with van der Waals surface area (Å²) in [7, 11) is -4.64. The molecule has 0 aromatic carbocycles. The van der Waals surface area contributed by atoms with Gasteiger partial charge in [-0.2, -0.15) is 0 Å². The second kappa shape index (κ2) is 11.3. The van der Waals surface area contributed by atoms with E-state index < -0.39 is 13.7 Å². The van der Waals surface area contributed by atoms with Crippen molar-refractivity contribution in [1.29, 1.82) is 0 Å². The van der Waals surface area contributed by atoms with Crippen LogP contribution in [0.3, 0.4) is 0 Å². The Morgan fingerprint density at radius 3 is 1.94 bits per heavy atom. The molecule has 0 spiro atoms. The summed E-state index contributed by atoms with van der Waals surface area (Å²) in [6.45, 7) is 0. The summed E-state index contributed by atoms with van der Waals surface area (Å²) in [6.07, 6.45) is 3.02.